The Hall–Kier alpha value is -1.81. The van der Waals surface area contributed by atoms with Crippen LogP contribution in [0.25, 0.3) is 0 Å². The number of hydrogen-bond acceptors (Lipinski definition) is 1. The second-order valence-corrected chi connectivity index (χ2v) is 4.37. The maximum atomic E-state index is 13.4. The lowest BCUT2D eigenvalue weighted by Crippen LogP contribution is -2.10. The van der Waals surface area contributed by atoms with Crippen LogP contribution < -0.4 is 0 Å². The van der Waals surface area contributed by atoms with Crippen molar-refractivity contribution in [2.24, 2.45) is 0 Å². The molecule has 0 aliphatic carbocycles. The van der Waals surface area contributed by atoms with Gasteiger partial charge in [-0.2, -0.15) is 0 Å². The summed E-state index contributed by atoms with van der Waals surface area (Å²) in [5.74, 6) is -3.41. The minimum absolute atomic E-state index is 0.000142. The van der Waals surface area contributed by atoms with Gasteiger partial charge in [0, 0.05) is 11.4 Å². The number of benzene rings is 2. The maximum Gasteiger partial charge on any atom is 0.173 e. The van der Waals surface area contributed by atoms with Crippen LogP contribution in [0, 0.1) is 17.5 Å². The van der Waals surface area contributed by atoms with E-state index in [0.29, 0.717) is 0 Å². The zero-order valence-electron chi connectivity index (χ0n) is 9.59. The van der Waals surface area contributed by atoms with E-state index in [0.717, 1.165) is 24.3 Å². The predicted molar refractivity (Wildman–Crippen MR) is 65.8 cm³/mol. The Bertz CT molecular complexity index is 620. The topological polar surface area (TPSA) is 17.1 Å². The smallest absolute Gasteiger partial charge is 0.173 e. The van der Waals surface area contributed by atoms with Crippen LogP contribution in [-0.4, -0.2) is 5.78 Å². The minimum atomic E-state index is -0.965. The van der Waals surface area contributed by atoms with Crippen LogP contribution in [0.1, 0.15) is 15.9 Å². The lowest BCUT2D eigenvalue weighted by molar-refractivity contribution is 0.0983. The molecule has 5 heteroatoms. The van der Waals surface area contributed by atoms with E-state index in [-0.39, 0.29) is 10.6 Å². The van der Waals surface area contributed by atoms with Crippen molar-refractivity contribution in [3.8, 4) is 0 Å². The predicted octanol–water partition coefficient (Wildman–Crippen LogP) is 4.18. The summed E-state index contributed by atoms with van der Waals surface area (Å²) in [6.45, 7) is 0. The first kappa shape index (κ1) is 13.6. The molecule has 19 heavy (non-hydrogen) atoms. The molecule has 0 aliphatic rings. The van der Waals surface area contributed by atoms with Gasteiger partial charge in [0.2, 0.25) is 0 Å². The summed E-state index contributed by atoms with van der Waals surface area (Å²) in [6.07, 6.45) is -0.454. The van der Waals surface area contributed by atoms with E-state index in [1.165, 1.54) is 12.1 Å². The van der Waals surface area contributed by atoms with Crippen molar-refractivity contribution in [1.82, 2.24) is 0 Å². The molecule has 0 saturated heterocycles. The third-order valence-electron chi connectivity index (χ3n) is 2.60. The molecule has 0 fully saturated rings. The highest BCUT2D eigenvalue weighted by Crippen LogP contribution is 2.19. The average Bonchev–Trinajstić information content (AvgIpc) is 2.33. The molecule has 0 amide bonds. The van der Waals surface area contributed by atoms with Gasteiger partial charge in [-0.3, -0.25) is 4.79 Å². The highest BCUT2D eigenvalue weighted by molar-refractivity contribution is 6.30. The van der Waals surface area contributed by atoms with Crippen molar-refractivity contribution in [2.75, 3.05) is 0 Å². The first-order chi connectivity index (χ1) is 8.99. The fraction of sp³-hybridized carbons (Fsp3) is 0.0714. The van der Waals surface area contributed by atoms with Crippen molar-refractivity contribution in [3.63, 3.8) is 0 Å². The summed E-state index contributed by atoms with van der Waals surface area (Å²) < 4.78 is 40.3. The SMILES string of the molecule is O=C(Cc1cc(Cl)ccc1F)c1c(F)cccc1F. The summed E-state index contributed by atoms with van der Waals surface area (Å²) in [7, 11) is 0. The Morgan fingerprint density at radius 1 is 1.00 bits per heavy atom. The fourth-order valence-electron chi connectivity index (χ4n) is 1.70. The van der Waals surface area contributed by atoms with Gasteiger partial charge >= 0.3 is 0 Å². The van der Waals surface area contributed by atoms with E-state index >= 15 is 0 Å². The summed E-state index contributed by atoms with van der Waals surface area (Å²) in [4.78, 5) is 11.8. The molecular formula is C14H8ClF3O. The van der Waals surface area contributed by atoms with Crippen LogP contribution >= 0.6 is 11.6 Å². The highest BCUT2D eigenvalue weighted by Gasteiger charge is 2.18. The number of rotatable bonds is 3. The second-order valence-electron chi connectivity index (χ2n) is 3.93. The van der Waals surface area contributed by atoms with E-state index in [1.54, 1.807) is 0 Å². The van der Waals surface area contributed by atoms with Crippen LogP contribution in [0.15, 0.2) is 36.4 Å². The summed E-state index contributed by atoms with van der Waals surface area (Å²) in [5, 5.41) is 0.248. The van der Waals surface area contributed by atoms with Crippen LogP contribution in [0.5, 0.6) is 0 Å². The molecule has 98 valence electrons. The number of carbonyl (C=O) groups is 1. The number of ketones is 1. The summed E-state index contributed by atoms with van der Waals surface area (Å²) in [6, 6.07) is 6.79. The highest BCUT2D eigenvalue weighted by atomic mass is 35.5. The number of carbonyl (C=O) groups excluding carboxylic acids is 1. The Morgan fingerprint density at radius 3 is 2.26 bits per heavy atom. The van der Waals surface area contributed by atoms with E-state index in [2.05, 4.69) is 0 Å². The normalized spacial score (nSPS) is 10.5. The van der Waals surface area contributed by atoms with Crippen molar-refractivity contribution >= 4 is 17.4 Å². The molecule has 0 heterocycles. The van der Waals surface area contributed by atoms with Crippen molar-refractivity contribution in [3.05, 3.63) is 70.0 Å². The molecule has 0 unspecified atom stereocenters. The number of halogens is 4. The quantitative estimate of drug-likeness (QED) is 0.773. The van der Waals surface area contributed by atoms with Gasteiger partial charge in [0.15, 0.2) is 5.78 Å². The van der Waals surface area contributed by atoms with E-state index < -0.39 is 35.2 Å². The van der Waals surface area contributed by atoms with Crippen molar-refractivity contribution in [1.29, 1.82) is 0 Å². The molecule has 2 aromatic carbocycles. The van der Waals surface area contributed by atoms with Crippen molar-refractivity contribution < 1.29 is 18.0 Å². The molecular weight excluding hydrogens is 277 g/mol. The molecule has 2 aromatic rings. The minimum Gasteiger partial charge on any atom is -0.294 e. The molecule has 0 spiro atoms. The zero-order chi connectivity index (χ0) is 14.0. The lowest BCUT2D eigenvalue weighted by atomic mass is 10.0. The molecule has 0 atom stereocenters. The Balaban J connectivity index is 2.34. The monoisotopic (exact) mass is 284 g/mol. The Kier molecular flexibility index (Phi) is 3.90. The van der Waals surface area contributed by atoms with Gasteiger partial charge in [0.25, 0.3) is 0 Å². The van der Waals surface area contributed by atoms with Crippen LogP contribution in [0.2, 0.25) is 5.02 Å². The molecule has 0 aromatic heterocycles. The molecule has 0 aliphatic heterocycles. The van der Waals surface area contributed by atoms with E-state index in [1.807, 2.05) is 0 Å². The molecule has 0 bridgehead atoms. The first-order valence-corrected chi connectivity index (χ1v) is 5.78. The molecule has 1 nitrogen and oxygen atoms in total. The van der Waals surface area contributed by atoms with Crippen LogP contribution in [-0.2, 0) is 6.42 Å². The van der Waals surface area contributed by atoms with Crippen molar-refractivity contribution in [2.45, 2.75) is 6.42 Å². The van der Waals surface area contributed by atoms with E-state index in [4.69, 9.17) is 11.6 Å². The van der Waals surface area contributed by atoms with Gasteiger partial charge in [0.05, 0.1) is 5.56 Å². The lowest BCUT2D eigenvalue weighted by Gasteiger charge is -2.05. The fourth-order valence-corrected chi connectivity index (χ4v) is 1.90. The molecule has 2 rings (SSSR count). The molecule has 0 radical (unpaired) electrons. The number of hydrogen-bond donors (Lipinski definition) is 0. The summed E-state index contributed by atoms with van der Waals surface area (Å²) in [5.41, 5.74) is -0.665. The van der Waals surface area contributed by atoms with Crippen LogP contribution in [0.3, 0.4) is 0 Å². The third-order valence-corrected chi connectivity index (χ3v) is 2.84. The average molecular weight is 285 g/mol. The van der Waals surface area contributed by atoms with Gasteiger partial charge < -0.3 is 0 Å². The third kappa shape index (κ3) is 2.96. The largest absolute Gasteiger partial charge is 0.294 e. The second kappa shape index (κ2) is 5.45. The maximum absolute atomic E-state index is 13.4. The molecule has 0 saturated carbocycles. The van der Waals surface area contributed by atoms with Gasteiger partial charge in [-0.1, -0.05) is 17.7 Å². The van der Waals surface area contributed by atoms with E-state index in [9.17, 15) is 18.0 Å². The van der Waals surface area contributed by atoms with Gasteiger partial charge in [-0.05, 0) is 35.9 Å². The van der Waals surface area contributed by atoms with Crippen LogP contribution in [0.4, 0.5) is 13.2 Å². The standard InChI is InChI=1S/C14H8ClF3O/c15-9-4-5-10(16)8(6-9)7-13(19)14-11(17)2-1-3-12(14)18/h1-6H,7H2. The molecule has 0 N–H and O–H groups in total. The Morgan fingerprint density at radius 2 is 1.63 bits per heavy atom. The van der Waals surface area contributed by atoms with Gasteiger partial charge in [-0.25, -0.2) is 13.2 Å². The van der Waals surface area contributed by atoms with Gasteiger partial charge in [-0.15, -0.1) is 0 Å². The van der Waals surface area contributed by atoms with Gasteiger partial charge in [0.1, 0.15) is 17.5 Å². The zero-order valence-corrected chi connectivity index (χ0v) is 10.3. The number of Topliss-reactive ketones (excluding diaryl/α,β-unsaturated/α-hetero) is 1. The summed E-state index contributed by atoms with van der Waals surface area (Å²) >= 11 is 5.68. The Labute approximate surface area is 112 Å². The first-order valence-electron chi connectivity index (χ1n) is 5.40.